The Kier molecular flexibility index (Phi) is 2.21. The molecule has 1 aromatic rings. The molecule has 0 bridgehead atoms. The van der Waals surface area contributed by atoms with Crippen LogP contribution in [0.5, 0.6) is 0 Å². The van der Waals surface area contributed by atoms with Gasteiger partial charge in [0.15, 0.2) is 0 Å². The summed E-state index contributed by atoms with van der Waals surface area (Å²) in [6, 6.07) is 3.65. The van der Waals surface area contributed by atoms with Gasteiger partial charge in [-0.2, -0.15) is 0 Å². The Labute approximate surface area is 73.3 Å². The Morgan fingerprint density at radius 3 is 2.60 bits per heavy atom. The van der Waals surface area contributed by atoms with Crippen LogP contribution >= 0.6 is 27.5 Å². The molecular formula is C7H7BrClN. The molecule has 0 saturated heterocycles. The van der Waals surface area contributed by atoms with Crippen LogP contribution in [0.1, 0.15) is 5.56 Å². The van der Waals surface area contributed by atoms with Crippen molar-refractivity contribution in [1.82, 2.24) is 0 Å². The molecule has 10 heavy (non-hydrogen) atoms. The van der Waals surface area contributed by atoms with Gasteiger partial charge in [0.05, 0.1) is 5.69 Å². The Bertz CT molecular complexity index is 233. The molecule has 0 aliphatic heterocycles. The maximum Gasteiger partial charge on any atom is 0.0503 e. The molecule has 0 fully saturated rings. The summed E-state index contributed by atoms with van der Waals surface area (Å²) in [7, 11) is 0. The minimum absolute atomic E-state index is 0.709. The van der Waals surface area contributed by atoms with Gasteiger partial charge in [0, 0.05) is 9.50 Å². The summed E-state index contributed by atoms with van der Waals surface area (Å²) in [6.45, 7) is 1.89. The first-order valence-corrected chi connectivity index (χ1v) is 4.00. The molecule has 0 unspecified atom stereocenters. The molecule has 0 spiro atoms. The van der Waals surface area contributed by atoms with Crippen LogP contribution in [0, 0.1) is 6.92 Å². The van der Waals surface area contributed by atoms with E-state index in [1.54, 1.807) is 0 Å². The standard InChI is InChI=1S/C7H7BrClN/c1-4-6(9)3-2-5(8)7(4)10/h2-3H,10H2,1H3. The number of hydrogen-bond donors (Lipinski definition) is 1. The van der Waals surface area contributed by atoms with E-state index < -0.39 is 0 Å². The molecule has 0 aliphatic rings. The largest absolute Gasteiger partial charge is 0.398 e. The molecule has 1 rings (SSSR count). The Balaban J connectivity index is 3.34. The van der Waals surface area contributed by atoms with Gasteiger partial charge in [0.2, 0.25) is 0 Å². The minimum atomic E-state index is 0.709. The molecule has 2 N–H and O–H groups in total. The second-order valence-electron chi connectivity index (χ2n) is 2.07. The summed E-state index contributed by atoms with van der Waals surface area (Å²) in [5.74, 6) is 0. The number of nitrogens with two attached hydrogens (primary N) is 1. The number of hydrogen-bond acceptors (Lipinski definition) is 1. The smallest absolute Gasteiger partial charge is 0.0503 e. The topological polar surface area (TPSA) is 26.0 Å². The van der Waals surface area contributed by atoms with Crippen molar-refractivity contribution in [3.63, 3.8) is 0 Å². The van der Waals surface area contributed by atoms with E-state index in [1.807, 2.05) is 19.1 Å². The lowest BCUT2D eigenvalue weighted by atomic mass is 10.2. The molecular weight excluding hydrogens is 213 g/mol. The minimum Gasteiger partial charge on any atom is -0.398 e. The highest BCUT2D eigenvalue weighted by Crippen LogP contribution is 2.28. The van der Waals surface area contributed by atoms with Gasteiger partial charge in [0.25, 0.3) is 0 Å². The Hall–Kier alpha value is -0.210. The third-order valence-electron chi connectivity index (χ3n) is 1.40. The van der Waals surface area contributed by atoms with Crippen molar-refractivity contribution in [3.05, 3.63) is 27.2 Å². The van der Waals surface area contributed by atoms with Gasteiger partial charge in [-0.3, -0.25) is 0 Å². The predicted molar refractivity (Wildman–Crippen MR) is 48.3 cm³/mol. The van der Waals surface area contributed by atoms with Gasteiger partial charge in [-0.25, -0.2) is 0 Å². The Morgan fingerprint density at radius 2 is 2.10 bits per heavy atom. The molecule has 0 saturated carbocycles. The van der Waals surface area contributed by atoms with Crippen LogP contribution in [0.4, 0.5) is 5.69 Å². The van der Waals surface area contributed by atoms with Crippen LogP contribution in [-0.2, 0) is 0 Å². The van der Waals surface area contributed by atoms with Crippen LogP contribution in [0.15, 0.2) is 16.6 Å². The van der Waals surface area contributed by atoms with Crippen molar-refractivity contribution >= 4 is 33.2 Å². The summed E-state index contributed by atoms with van der Waals surface area (Å²) >= 11 is 9.08. The first-order valence-electron chi connectivity index (χ1n) is 2.83. The predicted octanol–water partition coefficient (Wildman–Crippen LogP) is 2.99. The second kappa shape index (κ2) is 2.81. The molecule has 0 radical (unpaired) electrons. The highest BCUT2D eigenvalue weighted by Gasteiger charge is 2.01. The SMILES string of the molecule is Cc1c(Cl)ccc(Br)c1N. The maximum absolute atomic E-state index is 5.79. The molecule has 0 aromatic heterocycles. The van der Waals surface area contributed by atoms with E-state index in [1.165, 1.54) is 0 Å². The maximum atomic E-state index is 5.79. The highest BCUT2D eigenvalue weighted by atomic mass is 79.9. The fourth-order valence-corrected chi connectivity index (χ4v) is 1.26. The third-order valence-corrected chi connectivity index (χ3v) is 2.50. The molecule has 3 heteroatoms. The zero-order valence-corrected chi connectivity index (χ0v) is 7.83. The number of benzene rings is 1. The second-order valence-corrected chi connectivity index (χ2v) is 3.33. The quantitative estimate of drug-likeness (QED) is 0.668. The molecule has 0 amide bonds. The third kappa shape index (κ3) is 1.27. The van der Waals surface area contributed by atoms with Gasteiger partial charge >= 0.3 is 0 Å². The van der Waals surface area contributed by atoms with E-state index in [0.717, 1.165) is 10.0 Å². The van der Waals surface area contributed by atoms with Crippen molar-refractivity contribution in [3.8, 4) is 0 Å². The van der Waals surface area contributed by atoms with Crippen molar-refractivity contribution in [2.24, 2.45) is 0 Å². The van der Waals surface area contributed by atoms with Crippen LogP contribution in [-0.4, -0.2) is 0 Å². The molecule has 0 atom stereocenters. The van der Waals surface area contributed by atoms with Crippen LogP contribution in [0.2, 0.25) is 5.02 Å². The lowest BCUT2D eigenvalue weighted by Crippen LogP contribution is -1.90. The van der Waals surface area contributed by atoms with Crippen molar-refractivity contribution in [2.45, 2.75) is 6.92 Å². The average molecular weight is 220 g/mol. The van der Waals surface area contributed by atoms with E-state index >= 15 is 0 Å². The van der Waals surface area contributed by atoms with E-state index in [9.17, 15) is 0 Å². The van der Waals surface area contributed by atoms with Crippen molar-refractivity contribution < 1.29 is 0 Å². The molecule has 1 nitrogen and oxygen atoms in total. The molecule has 0 heterocycles. The summed E-state index contributed by atoms with van der Waals surface area (Å²) in [5.41, 5.74) is 7.29. The highest BCUT2D eigenvalue weighted by molar-refractivity contribution is 9.10. The van der Waals surface area contributed by atoms with Gasteiger partial charge in [-0.1, -0.05) is 11.6 Å². The van der Waals surface area contributed by atoms with Crippen LogP contribution in [0.25, 0.3) is 0 Å². The fourth-order valence-electron chi connectivity index (χ4n) is 0.669. The van der Waals surface area contributed by atoms with E-state index in [4.69, 9.17) is 17.3 Å². The van der Waals surface area contributed by atoms with Gasteiger partial charge in [-0.15, -0.1) is 0 Å². The van der Waals surface area contributed by atoms with Crippen LogP contribution in [0.3, 0.4) is 0 Å². The van der Waals surface area contributed by atoms with Crippen molar-refractivity contribution in [2.75, 3.05) is 5.73 Å². The van der Waals surface area contributed by atoms with E-state index in [2.05, 4.69) is 15.9 Å². The number of nitrogen functional groups attached to an aromatic ring is 1. The van der Waals surface area contributed by atoms with Crippen LogP contribution < -0.4 is 5.73 Å². The van der Waals surface area contributed by atoms with Gasteiger partial charge in [-0.05, 0) is 40.5 Å². The molecule has 1 aromatic carbocycles. The van der Waals surface area contributed by atoms with Gasteiger partial charge in [0.1, 0.15) is 0 Å². The first-order chi connectivity index (χ1) is 4.63. The lowest BCUT2D eigenvalue weighted by molar-refractivity contribution is 1.45. The fraction of sp³-hybridized carbons (Fsp3) is 0.143. The lowest BCUT2D eigenvalue weighted by Gasteiger charge is -2.03. The zero-order chi connectivity index (χ0) is 7.72. The first kappa shape index (κ1) is 7.89. The summed E-state index contributed by atoms with van der Waals surface area (Å²) in [4.78, 5) is 0. The molecule has 0 aliphatic carbocycles. The van der Waals surface area contributed by atoms with Crippen molar-refractivity contribution in [1.29, 1.82) is 0 Å². The monoisotopic (exact) mass is 219 g/mol. The number of halogens is 2. The average Bonchev–Trinajstić information content (AvgIpc) is 1.93. The summed E-state index contributed by atoms with van der Waals surface area (Å²) < 4.78 is 0.898. The van der Waals surface area contributed by atoms with E-state index in [-0.39, 0.29) is 0 Å². The van der Waals surface area contributed by atoms with Gasteiger partial charge < -0.3 is 5.73 Å². The number of rotatable bonds is 0. The normalized spacial score (nSPS) is 9.90. The van der Waals surface area contributed by atoms with E-state index in [0.29, 0.717) is 10.7 Å². The summed E-state index contributed by atoms with van der Waals surface area (Å²) in [6.07, 6.45) is 0. The Morgan fingerprint density at radius 1 is 1.50 bits per heavy atom. The number of anilines is 1. The molecule has 54 valence electrons. The zero-order valence-electron chi connectivity index (χ0n) is 5.49. The summed E-state index contributed by atoms with van der Waals surface area (Å²) in [5, 5.41) is 0.709.